The average Bonchev–Trinajstić information content (AvgIpc) is 2.78. The van der Waals surface area contributed by atoms with E-state index in [4.69, 9.17) is 5.73 Å². The zero-order chi connectivity index (χ0) is 11.5. The molecule has 2 N–H and O–H groups in total. The van der Waals surface area contributed by atoms with Gasteiger partial charge in [-0.1, -0.05) is 13.3 Å². The van der Waals surface area contributed by atoms with E-state index in [1.165, 1.54) is 30.7 Å². The maximum Gasteiger partial charge on any atom is 0.185 e. The summed E-state index contributed by atoms with van der Waals surface area (Å²) >= 11 is 1.75. The van der Waals surface area contributed by atoms with Crippen LogP contribution in [0.5, 0.6) is 0 Å². The normalized spacial score (nSPS) is 23.4. The molecule has 3 nitrogen and oxygen atoms in total. The first kappa shape index (κ1) is 11.9. The number of nitrogens with zero attached hydrogens (tertiary/aromatic N) is 2. The Labute approximate surface area is 102 Å². The van der Waals surface area contributed by atoms with Gasteiger partial charge in [0, 0.05) is 30.2 Å². The van der Waals surface area contributed by atoms with E-state index >= 15 is 0 Å². The number of thiazole rings is 1. The van der Waals surface area contributed by atoms with E-state index < -0.39 is 0 Å². The number of nitrogens with two attached hydrogens (primary N) is 1. The fourth-order valence-electron chi connectivity index (χ4n) is 2.21. The molecule has 2 rings (SSSR count). The van der Waals surface area contributed by atoms with Crippen LogP contribution < -0.4 is 10.6 Å². The van der Waals surface area contributed by atoms with Crippen LogP contribution in [0.2, 0.25) is 0 Å². The number of hydrogen-bond donors (Lipinski definition) is 1. The highest BCUT2D eigenvalue weighted by atomic mass is 32.1. The van der Waals surface area contributed by atoms with E-state index in [0.29, 0.717) is 0 Å². The van der Waals surface area contributed by atoms with Gasteiger partial charge >= 0.3 is 0 Å². The lowest BCUT2D eigenvalue weighted by Gasteiger charge is -2.31. The second-order valence-electron chi connectivity index (χ2n) is 4.70. The second-order valence-corrected chi connectivity index (χ2v) is 5.74. The summed E-state index contributed by atoms with van der Waals surface area (Å²) in [6.45, 7) is 6.62. The van der Waals surface area contributed by atoms with Gasteiger partial charge < -0.3 is 10.6 Å². The van der Waals surface area contributed by atoms with Gasteiger partial charge in [0.15, 0.2) is 5.13 Å². The monoisotopic (exact) mass is 239 g/mol. The summed E-state index contributed by atoms with van der Waals surface area (Å²) in [6.07, 6.45) is 5.88. The molecule has 2 unspecified atom stereocenters. The van der Waals surface area contributed by atoms with Gasteiger partial charge in [0.25, 0.3) is 0 Å². The van der Waals surface area contributed by atoms with Crippen LogP contribution in [0.15, 0.2) is 6.20 Å². The van der Waals surface area contributed by atoms with E-state index in [-0.39, 0.29) is 6.04 Å². The molecule has 1 fully saturated rings. The molecule has 4 heteroatoms. The average molecular weight is 239 g/mol. The Morgan fingerprint density at radius 2 is 2.50 bits per heavy atom. The van der Waals surface area contributed by atoms with Crippen molar-refractivity contribution in [1.82, 2.24) is 4.98 Å². The Kier molecular flexibility index (Phi) is 3.82. The van der Waals surface area contributed by atoms with Crippen molar-refractivity contribution in [2.45, 2.75) is 39.2 Å². The summed E-state index contributed by atoms with van der Waals surface area (Å²) in [5, 5.41) is 1.16. The van der Waals surface area contributed by atoms with Crippen LogP contribution in [0.25, 0.3) is 0 Å². The van der Waals surface area contributed by atoms with Gasteiger partial charge in [0.1, 0.15) is 0 Å². The van der Waals surface area contributed by atoms with Gasteiger partial charge in [-0.05, 0) is 25.7 Å². The largest absolute Gasteiger partial charge is 0.348 e. The lowest BCUT2D eigenvalue weighted by Crippen LogP contribution is -2.34. The minimum absolute atomic E-state index is 0.109. The first-order valence-corrected chi connectivity index (χ1v) is 6.98. The van der Waals surface area contributed by atoms with Crippen LogP contribution in [-0.4, -0.2) is 18.1 Å². The van der Waals surface area contributed by atoms with Gasteiger partial charge in [-0.15, -0.1) is 11.3 Å². The number of hydrogen-bond acceptors (Lipinski definition) is 4. The van der Waals surface area contributed by atoms with Crippen LogP contribution in [0, 0.1) is 5.92 Å². The van der Waals surface area contributed by atoms with E-state index in [1.54, 1.807) is 11.3 Å². The summed E-state index contributed by atoms with van der Waals surface area (Å²) in [7, 11) is 0. The Hall–Kier alpha value is -0.610. The molecule has 1 saturated heterocycles. The van der Waals surface area contributed by atoms with Crippen LogP contribution >= 0.6 is 11.3 Å². The third-order valence-corrected chi connectivity index (χ3v) is 4.59. The van der Waals surface area contributed by atoms with Crippen molar-refractivity contribution in [3.05, 3.63) is 11.1 Å². The summed E-state index contributed by atoms with van der Waals surface area (Å²) in [5.41, 5.74) is 5.86. The lowest BCUT2D eigenvalue weighted by atomic mass is 9.96. The van der Waals surface area contributed by atoms with Crippen molar-refractivity contribution in [2.24, 2.45) is 11.7 Å². The van der Waals surface area contributed by atoms with Crippen molar-refractivity contribution in [3.63, 3.8) is 0 Å². The topological polar surface area (TPSA) is 42.2 Å². The van der Waals surface area contributed by atoms with Crippen molar-refractivity contribution >= 4 is 16.5 Å². The van der Waals surface area contributed by atoms with E-state index in [2.05, 4.69) is 16.8 Å². The number of piperidine rings is 1. The van der Waals surface area contributed by atoms with E-state index in [9.17, 15) is 0 Å². The predicted octanol–water partition coefficient (Wildman–Crippen LogP) is 2.79. The quantitative estimate of drug-likeness (QED) is 0.882. The second kappa shape index (κ2) is 5.15. The van der Waals surface area contributed by atoms with Gasteiger partial charge in [0.05, 0.1) is 0 Å². The third-order valence-electron chi connectivity index (χ3n) is 3.33. The molecule has 0 aromatic carbocycles. The minimum atomic E-state index is 0.109. The Balaban J connectivity index is 2.05. The van der Waals surface area contributed by atoms with E-state index in [0.717, 1.165) is 17.6 Å². The predicted molar refractivity (Wildman–Crippen MR) is 69.9 cm³/mol. The summed E-state index contributed by atoms with van der Waals surface area (Å²) in [5.74, 6) is 0.844. The Bertz CT molecular complexity index is 335. The maximum absolute atomic E-state index is 5.86. The first-order valence-electron chi connectivity index (χ1n) is 6.17. The van der Waals surface area contributed by atoms with Crippen molar-refractivity contribution < 1.29 is 0 Å². The first-order chi connectivity index (χ1) is 7.70. The standard InChI is InChI=1S/C12H21N3S/c1-3-10-5-4-6-15(8-10)12-14-7-11(16-12)9(2)13/h7,9-10H,3-6,8,13H2,1-2H3. The summed E-state index contributed by atoms with van der Waals surface area (Å²) in [6, 6.07) is 0.109. The van der Waals surface area contributed by atoms with Crippen LogP contribution in [-0.2, 0) is 0 Å². The van der Waals surface area contributed by atoms with Crippen molar-refractivity contribution in [3.8, 4) is 0 Å². The van der Waals surface area contributed by atoms with Crippen LogP contribution in [0.3, 0.4) is 0 Å². The highest BCUT2D eigenvalue weighted by Gasteiger charge is 2.21. The van der Waals surface area contributed by atoms with Gasteiger partial charge in [-0.2, -0.15) is 0 Å². The zero-order valence-corrected chi connectivity index (χ0v) is 11.0. The van der Waals surface area contributed by atoms with Gasteiger partial charge in [-0.25, -0.2) is 4.98 Å². The fraction of sp³-hybridized carbons (Fsp3) is 0.750. The van der Waals surface area contributed by atoms with Crippen molar-refractivity contribution in [2.75, 3.05) is 18.0 Å². The molecular formula is C12H21N3S. The smallest absolute Gasteiger partial charge is 0.185 e. The highest BCUT2D eigenvalue weighted by Crippen LogP contribution is 2.30. The lowest BCUT2D eigenvalue weighted by molar-refractivity contribution is 0.404. The molecule has 2 heterocycles. The molecule has 90 valence electrons. The molecule has 1 aromatic heterocycles. The number of anilines is 1. The molecule has 2 atom stereocenters. The number of aromatic nitrogens is 1. The Morgan fingerprint density at radius 1 is 1.69 bits per heavy atom. The van der Waals surface area contributed by atoms with Crippen LogP contribution in [0.1, 0.15) is 44.0 Å². The molecular weight excluding hydrogens is 218 g/mol. The molecule has 0 saturated carbocycles. The molecule has 1 aromatic rings. The third kappa shape index (κ3) is 2.55. The molecule has 0 aliphatic carbocycles. The zero-order valence-electron chi connectivity index (χ0n) is 10.1. The van der Waals surface area contributed by atoms with E-state index in [1.807, 2.05) is 13.1 Å². The molecule has 0 spiro atoms. The molecule has 0 bridgehead atoms. The highest BCUT2D eigenvalue weighted by molar-refractivity contribution is 7.15. The Morgan fingerprint density at radius 3 is 3.12 bits per heavy atom. The molecule has 0 radical (unpaired) electrons. The molecule has 16 heavy (non-hydrogen) atoms. The van der Waals surface area contributed by atoms with Crippen molar-refractivity contribution in [1.29, 1.82) is 0 Å². The molecule has 1 aliphatic heterocycles. The van der Waals surface area contributed by atoms with Crippen LogP contribution in [0.4, 0.5) is 5.13 Å². The summed E-state index contributed by atoms with van der Waals surface area (Å²) in [4.78, 5) is 8.11. The fourth-order valence-corrected chi connectivity index (χ4v) is 3.11. The maximum atomic E-state index is 5.86. The molecule has 1 aliphatic rings. The van der Waals surface area contributed by atoms with Gasteiger partial charge in [0.2, 0.25) is 0 Å². The van der Waals surface area contributed by atoms with Gasteiger partial charge in [-0.3, -0.25) is 0 Å². The minimum Gasteiger partial charge on any atom is -0.348 e. The SMILES string of the molecule is CCC1CCCN(c2ncc(C(C)N)s2)C1. The molecule has 0 amide bonds. The summed E-state index contributed by atoms with van der Waals surface area (Å²) < 4.78 is 0. The number of rotatable bonds is 3.